The van der Waals surface area contributed by atoms with Gasteiger partial charge in [0.05, 0.1) is 17.7 Å². The minimum Gasteiger partial charge on any atom is -0.351 e. The lowest BCUT2D eigenvalue weighted by Crippen LogP contribution is -2.52. The van der Waals surface area contributed by atoms with Crippen LogP contribution in [0.4, 0.5) is 0 Å². The van der Waals surface area contributed by atoms with Crippen LogP contribution in [0.3, 0.4) is 0 Å². The van der Waals surface area contributed by atoms with Gasteiger partial charge >= 0.3 is 0 Å². The number of fused-ring (bicyclic) bond motifs is 2. The van der Waals surface area contributed by atoms with Gasteiger partial charge in [-0.05, 0) is 42.3 Å². The molecule has 1 N–H and O–H groups in total. The Labute approximate surface area is 195 Å². The van der Waals surface area contributed by atoms with Crippen molar-refractivity contribution < 1.29 is 14.4 Å². The molecule has 2 aromatic carbocycles. The van der Waals surface area contributed by atoms with Crippen molar-refractivity contribution in [2.45, 2.75) is 25.4 Å². The number of hydrogen-bond acceptors (Lipinski definition) is 4. The average molecular weight is 454 g/mol. The van der Waals surface area contributed by atoms with E-state index >= 15 is 0 Å². The minimum absolute atomic E-state index is 0.174. The fraction of sp³-hybridized carbons (Fsp3) is 0.231. The lowest BCUT2D eigenvalue weighted by atomic mass is 10.00. The Hall–Kier alpha value is -4.20. The Morgan fingerprint density at radius 2 is 1.79 bits per heavy atom. The third-order valence-corrected chi connectivity index (χ3v) is 6.89. The molecule has 8 nitrogen and oxygen atoms in total. The Bertz CT molecular complexity index is 1510. The molecular weight excluding hydrogens is 430 g/mol. The Morgan fingerprint density at radius 1 is 0.971 bits per heavy atom. The van der Waals surface area contributed by atoms with Crippen molar-refractivity contribution in [1.82, 2.24) is 24.3 Å². The monoisotopic (exact) mass is 453 g/mol. The van der Waals surface area contributed by atoms with Crippen LogP contribution >= 0.6 is 0 Å². The summed E-state index contributed by atoms with van der Waals surface area (Å²) in [4.78, 5) is 43.1. The van der Waals surface area contributed by atoms with Crippen LogP contribution in [-0.4, -0.2) is 42.8 Å². The van der Waals surface area contributed by atoms with E-state index in [1.807, 2.05) is 43.1 Å². The lowest BCUT2D eigenvalue weighted by Gasteiger charge is -2.29. The fourth-order valence-electron chi connectivity index (χ4n) is 5.13. The number of imidazole rings is 1. The molecule has 2 aliphatic heterocycles. The van der Waals surface area contributed by atoms with E-state index in [1.165, 1.54) is 0 Å². The first-order chi connectivity index (χ1) is 16.4. The van der Waals surface area contributed by atoms with Crippen molar-refractivity contribution in [3.05, 3.63) is 66.1 Å². The van der Waals surface area contributed by atoms with Gasteiger partial charge in [0.25, 0.3) is 5.91 Å². The molecule has 3 amide bonds. The highest BCUT2D eigenvalue weighted by molar-refractivity contribution is 6.05. The molecule has 0 unspecified atom stereocenters. The van der Waals surface area contributed by atoms with Gasteiger partial charge in [0.1, 0.15) is 6.04 Å². The molecule has 0 saturated carbocycles. The molecule has 1 saturated heterocycles. The van der Waals surface area contributed by atoms with Gasteiger partial charge in [-0.1, -0.05) is 12.1 Å². The maximum atomic E-state index is 13.0. The topological polar surface area (TPSA) is 89.2 Å². The van der Waals surface area contributed by atoms with Gasteiger partial charge in [0.2, 0.25) is 11.8 Å². The third-order valence-electron chi connectivity index (χ3n) is 6.89. The van der Waals surface area contributed by atoms with Crippen LogP contribution in [0, 0.1) is 0 Å². The van der Waals surface area contributed by atoms with E-state index in [0.29, 0.717) is 18.5 Å². The second-order valence-electron chi connectivity index (χ2n) is 9.02. The smallest absolute Gasteiger partial charge is 0.255 e. The molecule has 2 aromatic heterocycles. The van der Waals surface area contributed by atoms with Gasteiger partial charge in [-0.15, -0.1) is 0 Å². The van der Waals surface area contributed by atoms with Gasteiger partial charge in [-0.3, -0.25) is 19.7 Å². The molecule has 0 aliphatic carbocycles. The molecule has 0 bridgehead atoms. The number of carbonyl (C=O) groups excluding carboxylic acids is 3. The van der Waals surface area contributed by atoms with Crippen molar-refractivity contribution in [1.29, 1.82) is 0 Å². The van der Waals surface area contributed by atoms with Gasteiger partial charge in [0, 0.05) is 60.9 Å². The van der Waals surface area contributed by atoms with Gasteiger partial charge in [-0.25, -0.2) is 4.98 Å². The van der Waals surface area contributed by atoms with Crippen molar-refractivity contribution in [2.75, 3.05) is 0 Å². The highest BCUT2D eigenvalue weighted by atomic mass is 16.2. The summed E-state index contributed by atoms with van der Waals surface area (Å²) >= 11 is 0. The summed E-state index contributed by atoms with van der Waals surface area (Å²) in [6.45, 7) is 0.340. The molecule has 170 valence electrons. The van der Waals surface area contributed by atoms with Gasteiger partial charge in [0.15, 0.2) is 0 Å². The number of rotatable bonds is 3. The number of nitrogens with one attached hydrogen (secondary N) is 1. The standard InChI is InChI=1S/C26H23N5O3/c1-29-10-9-15-11-17(4-6-20(15)29)24-23(27-14-30(24)2)16-3-5-19-18(12-16)13-31(26(19)34)21-7-8-22(32)28-25(21)33/h3-6,9-12,14,21H,7-8,13H2,1-2H3,(H,28,32,33)/t21-/m0/s1. The van der Waals surface area contributed by atoms with Crippen LogP contribution in [0.15, 0.2) is 55.0 Å². The molecule has 2 aliphatic rings. The number of piperidine rings is 1. The summed E-state index contributed by atoms with van der Waals surface area (Å²) in [6, 6.07) is 13.6. The summed E-state index contributed by atoms with van der Waals surface area (Å²) in [5.41, 5.74) is 6.44. The summed E-state index contributed by atoms with van der Waals surface area (Å²) in [5, 5.41) is 3.51. The third kappa shape index (κ3) is 3.06. The van der Waals surface area contributed by atoms with E-state index in [-0.39, 0.29) is 18.2 Å². The number of benzene rings is 2. The Morgan fingerprint density at radius 3 is 2.62 bits per heavy atom. The second kappa shape index (κ2) is 7.41. The molecule has 0 radical (unpaired) electrons. The molecule has 4 aromatic rings. The zero-order chi connectivity index (χ0) is 23.6. The molecule has 1 fully saturated rings. The van der Waals surface area contributed by atoms with Crippen LogP contribution in [0.5, 0.6) is 0 Å². The first-order valence-electron chi connectivity index (χ1n) is 11.3. The number of carbonyl (C=O) groups is 3. The van der Waals surface area contributed by atoms with Crippen molar-refractivity contribution in [3.8, 4) is 22.5 Å². The largest absolute Gasteiger partial charge is 0.351 e. The highest BCUT2D eigenvalue weighted by Gasteiger charge is 2.39. The highest BCUT2D eigenvalue weighted by Crippen LogP contribution is 2.36. The van der Waals surface area contributed by atoms with E-state index in [1.54, 1.807) is 11.2 Å². The Balaban J connectivity index is 1.36. The first kappa shape index (κ1) is 20.4. The van der Waals surface area contributed by atoms with E-state index in [2.05, 4.69) is 39.1 Å². The SMILES string of the molecule is Cn1cnc(-c2ccc3c(c2)CN([C@H]2CCC(=O)NC2=O)C3=O)c1-c1ccc2c(ccn2C)c1. The molecular formula is C26H23N5O3. The number of nitrogens with zero attached hydrogens (tertiary/aromatic N) is 4. The van der Waals surface area contributed by atoms with Gasteiger partial charge in [-0.2, -0.15) is 0 Å². The van der Waals surface area contributed by atoms with Crippen LogP contribution in [-0.2, 0) is 30.2 Å². The van der Waals surface area contributed by atoms with E-state index in [9.17, 15) is 14.4 Å². The summed E-state index contributed by atoms with van der Waals surface area (Å²) in [7, 11) is 4.00. The van der Waals surface area contributed by atoms with Crippen LogP contribution in [0.25, 0.3) is 33.4 Å². The van der Waals surface area contributed by atoms with Crippen molar-refractivity contribution in [3.63, 3.8) is 0 Å². The van der Waals surface area contributed by atoms with E-state index in [4.69, 9.17) is 0 Å². The van der Waals surface area contributed by atoms with E-state index < -0.39 is 11.9 Å². The van der Waals surface area contributed by atoms with Crippen molar-refractivity contribution >= 4 is 28.6 Å². The molecule has 1 atom stereocenters. The zero-order valence-electron chi connectivity index (χ0n) is 18.9. The number of hydrogen-bond donors (Lipinski definition) is 1. The first-order valence-corrected chi connectivity index (χ1v) is 11.3. The molecule has 4 heterocycles. The normalized spacial score (nSPS) is 18.0. The predicted octanol–water partition coefficient (Wildman–Crippen LogP) is 3.01. The number of amides is 3. The van der Waals surface area contributed by atoms with Crippen LogP contribution in [0.2, 0.25) is 0 Å². The Kier molecular flexibility index (Phi) is 4.45. The number of aryl methyl sites for hydroxylation is 2. The number of imide groups is 1. The lowest BCUT2D eigenvalue weighted by molar-refractivity contribution is -0.136. The predicted molar refractivity (Wildman–Crippen MR) is 127 cm³/mol. The number of aromatic nitrogens is 3. The minimum atomic E-state index is -0.621. The van der Waals surface area contributed by atoms with Crippen LogP contribution in [0.1, 0.15) is 28.8 Å². The zero-order valence-corrected chi connectivity index (χ0v) is 18.9. The maximum absolute atomic E-state index is 13.0. The molecule has 6 rings (SSSR count). The maximum Gasteiger partial charge on any atom is 0.255 e. The quantitative estimate of drug-likeness (QED) is 0.483. The van der Waals surface area contributed by atoms with Gasteiger partial charge < -0.3 is 14.0 Å². The van der Waals surface area contributed by atoms with Crippen molar-refractivity contribution in [2.24, 2.45) is 14.1 Å². The molecule has 8 heteroatoms. The summed E-state index contributed by atoms with van der Waals surface area (Å²) < 4.78 is 4.10. The van der Waals surface area contributed by atoms with E-state index in [0.717, 1.165) is 39.0 Å². The molecule has 0 spiro atoms. The molecule has 34 heavy (non-hydrogen) atoms. The average Bonchev–Trinajstić information content (AvgIpc) is 3.49. The second-order valence-corrected chi connectivity index (χ2v) is 9.02. The summed E-state index contributed by atoms with van der Waals surface area (Å²) in [6.07, 6.45) is 4.44. The fourth-order valence-corrected chi connectivity index (χ4v) is 5.13. The summed E-state index contributed by atoms with van der Waals surface area (Å²) in [5.74, 6) is -0.864. The van der Waals surface area contributed by atoms with Crippen LogP contribution < -0.4 is 5.32 Å².